The Balaban J connectivity index is 1.65. The molecule has 26 heavy (non-hydrogen) atoms. The van der Waals surface area contributed by atoms with Crippen LogP contribution in [-0.2, 0) is 12.7 Å². The molecular formula is C18H17Cl2F3N2O. The molecule has 1 saturated heterocycles. The number of phenols is 1. The summed E-state index contributed by atoms with van der Waals surface area (Å²) < 4.78 is 38.6. The monoisotopic (exact) mass is 404 g/mol. The van der Waals surface area contributed by atoms with Crippen molar-refractivity contribution in [2.75, 3.05) is 31.1 Å². The van der Waals surface area contributed by atoms with E-state index in [0.717, 1.165) is 6.07 Å². The van der Waals surface area contributed by atoms with Crippen LogP contribution in [0.15, 0.2) is 36.4 Å². The van der Waals surface area contributed by atoms with E-state index in [9.17, 15) is 18.3 Å². The summed E-state index contributed by atoms with van der Waals surface area (Å²) in [5.74, 6) is 0.0105. The zero-order valence-electron chi connectivity index (χ0n) is 13.7. The molecular weight excluding hydrogens is 388 g/mol. The second-order valence-electron chi connectivity index (χ2n) is 6.21. The molecule has 2 aromatic rings. The molecule has 0 aromatic heterocycles. The van der Waals surface area contributed by atoms with Crippen LogP contribution in [0.4, 0.5) is 18.9 Å². The Morgan fingerprint density at radius 2 is 1.69 bits per heavy atom. The van der Waals surface area contributed by atoms with Gasteiger partial charge in [-0.1, -0.05) is 29.3 Å². The number of rotatable bonds is 3. The second kappa shape index (κ2) is 7.55. The highest BCUT2D eigenvalue weighted by Crippen LogP contribution is 2.33. The Bertz CT molecular complexity index is 790. The first-order valence-electron chi connectivity index (χ1n) is 8.05. The lowest BCUT2D eigenvalue weighted by atomic mass is 10.1. The number of nitrogens with zero attached hydrogens (tertiary/aromatic N) is 2. The van der Waals surface area contributed by atoms with Crippen molar-refractivity contribution in [2.24, 2.45) is 0 Å². The zero-order chi connectivity index (χ0) is 18.9. The lowest BCUT2D eigenvalue weighted by Gasteiger charge is -2.36. The van der Waals surface area contributed by atoms with Crippen LogP contribution in [0.2, 0.25) is 10.0 Å². The van der Waals surface area contributed by atoms with E-state index < -0.39 is 11.7 Å². The average molecular weight is 405 g/mol. The van der Waals surface area contributed by atoms with Crippen molar-refractivity contribution in [1.82, 2.24) is 4.90 Å². The third-order valence-electron chi connectivity index (χ3n) is 4.41. The predicted molar refractivity (Wildman–Crippen MR) is 97.1 cm³/mol. The van der Waals surface area contributed by atoms with Crippen LogP contribution in [0.1, 0.15) is 11.1 Å². The van der Waals surface area contributed by atoms with Gasteiger partial charge in [0.25, 0.3) is 0 Å². The van der Waals surface area contributed by atoms with Gasteiger partial charge >= 0.3 is 6.18 Å². The maximum absolute atomic E-state index is 12.9. The van der Waals surface area contributed by atoms with E-state index in [4.69, 9.17) is 23.2 Å². The molecule has 3 rings (SSSR count). The third-order valence-corrected chi connectivity index (χ3v) is 4.92. The van der Waals surface area contributed by atoms with E-state index in [-0.39, 0.29) is 10.8 Å². The zero-order valence-corrected chi connectivity index (χ0v) is 15.2. The highest BCUT2D eigenvalue weighted by atomic mass is 35.5. The van der Waals surface area contributed by atoms with Crippen molar-refractivity contribution >= 4 is 28.9 Å². The quantitative estimate of drug-likeness (QED) is 0.775. The Kier molecular flexibility index (Phi) is 5.55. The molecule has 0 bridgehead atoms. The summed E-state index contributed by atoms with van der Waals surface area (Å²) in [5, 5.41) is 10.7. The minimum atomic E-state index is -4.35. The van der Waals surface area contributed by atoms with E-state index in [1.165, 1.54) is 18.2 Å². The fourth-order valence-electron chi connectivity index (χ4n) is 3.02. The van der Waals surface area contributed by atoms with Gasteiger partial charge in [0.2, 0.25) is 0 Å². The molecule has 0 unspecified atom stereocenters. The molecule has 1 N–H and O–H groups in total. The molecule has 0 atom stereocenters. The number of phenolic OH excluding ortho intramolecular Hbond substituents is 1. The molecule has 0 saturated carbocycles. The van der Waals surface area contributed by atoms with Crippen LogP contribution in [0.3, 0.4) is 0 Å². The fourth-order valence-corrected chi connectivity index (χ4v) is 3.56. The average Bonchev–Trinajstić information content (AvgIpc) is 2.59. The smallest absolute Gasteiger partial charge is 0.416 e. The van der Waals surface area contributed by atoms with Crippen molar-refractivity contribution in [3.05, 3.63) is 57.6 Å². The lowest BCUT2D eigenvalue weighted by Crippen LogP contribution is -2.46. The van der Waals surface area contributed by atoms with Gasteiger partial charge in [0.05, 0.1) is 10.6 Å². The number of aromatic hydroxyl groups is 1. The Hall–Kier alpha value is -1.63. The molecule has 3 nitrogen and oxygen atoms in total. The number of piperazine rings is 1. The highest BCUT2D eigenvalue weighted by molar-refractivity contribution is 6.35. The molecule has 140 valence electrons. The van der Waals surface area contributed by atoms with Crippen LogP contribution >= 0.6 is 23.2 Å². The number of halogens is 5. The minimum Gasteiger partial charge on any atom is -0.506 e. The molecule has 0 radical (unpaired) electrons. The Morgan fingerprint density at radius 3 is 2.35 bits per heavy atom. The van der Waals surface area contributed by atoms with Gasteiger partial charge in [-0.25, -0.2) is 0 Å². The summed E-state index contributed by atoms with van der Waals surface area (Å²) in [7, 11) is 0. The van der Waals surface area contributed by atoms with Crippen molar-refractivity contribution in [3.63, 3.8) is 0 Å². The first kappa shape index (κ1) is 19.1. The van der Waals surface area contributed by atoms with Gasteiger partial charge in [-0.3, -0.25) is 4.90 Å². The molecule has 0 spiro atoms. The predicted octanol–water partition coefficient (Wildman–Crippen LogP) is 5.04. The molecule has 2 aromatic carbocycles. The summed E-state index contributed by atoms with van der Waals surface area (Å²) in [6.45, 7) is 2.97. The largest absolute Gasteiger partial charge is 0.506 e. The topological polar surface area (TPSA) is 26.7 Å². The number of hydrogen-bond donors (Lipinski definition) is 1. The molecule has 1 fully saturated rings. The normalized spacial score (nSPS) is 16.1. The number of alkyl halides is 3. The van der Waals surface area contributed by atoms with Gasteiger partial charge < -0.3 is 10.0 Å². The van der Waals surface area contributed by atoms with Gasteiger partial charge in [-0.05, 0) is 30.3 Å². The SMILES string of the molecule is Oc1c(Cl)cc(Cl)cc1CN1CCN(c2cccc(C(F)(F)F)c2)CC1. The maximum atomic E-state index is 12.9. The van der Waals surface area contributed by atoms with Crippen LogP contribution in [0.25, 0.3) is 0 Å². The van der Waals surface area contributed by atoms with E-state index >= 15 is 0 Å². The summed E-state index contributed by atoms with van der Waals surface area (Å²) in [6.07, 6.45) is -4.35. The van der Waals surface area contributed by atoms with Crippen LogP contribution < -0.4 is 4.90 Å². The molecule has 0 amide bonds. The second-order valence-corrected chi connectivity index (χ2v) is 7.05. The van der Waals surface area contributed by atoms with E-state index in [2.05, 4.69) is 4.90 Å². The van der Waals surface area contributed by atoms with Crippen molar-refractivity contribution < 1.29 is 18.3 Å². The maximum Gasteiger partial charge on any atom is 0.416 e. The van der Waals surface area contributed by atoms with Crippen molar-refractivity contribution in [3.8, 4) is 5.75 Å². The van der Waals surface area contributed by atoms with Crippen molar-refractivity contribution in [2.45, 2.75) is 12.7 Å². The van der Waals surface area contributed by atoms with Gasteiger partial charge in [0.15, 0.2) is 0 Å². The molecule has 1 aliphatic heterocycles. The van der Waals surface area contributed by atoms with Gasteiger partial charge in [-0.15, -0.1) is 0 Å². The Labute approximate surface area is 159 Å². The first-order valence-corrected chi connectivity index (χ1v) is 8.81. The molecule has 1 heterocycles. The van der Waals surface area contributed by atoms with E-state index in [1.54, 1.807) is 12.1 Å². The standard InChI is InChI=1S/C18H17Cl2F3N2O/c19-14-8-12(17(26)16(20)10-14)11-24-4-6-25(7-5-24)15-3-1-2-13(9-15)18(21,22)23/h1-3,8-10,26H,4-7,11H2. The number of anilines is 1. The molecule has 8 heteroatoms. The third kappa shape index (κ3) is 4.37. The summed E-state index contributed by atoms with van der Waals surface area (Å²) >= 11 is 11.9. The van der Waals surface area contributed by atoms with Gasteiger partial charge in [0, 0.05) is 49.0 Å². The first-order chi connectivity index (χ1) is 12.2. The van der Waals surface area contributed by atoms with Crippen LogP contribution in [0.5, 0.6) is 5.75 Å². The lowest BCUT2D eigenvalue weighted by molar-refractivity contribution is -0.137. The minimum absolute atomic E-state index is 0.0105. The van der Waals surface area contributed by atoms with Crippen LogP contribution in [0, 0.1) is 0 Å². The number of hydrogen-bond acceptors (Lipinski definition) is 3. The molecule has 1 aliphatic rings. The van der Waals surface area contributed by atoms with Crippen LogP contribution in [-0.4, -0.2) is 36.2 Å². The summed E-state index contributed by atoms with van der Waals surface area (Å²) in [5.41, 5.74) is 0.555. The molecule has 0 aliphatic carbocycles. The van der Waals surface area contributed by atoms with Gasteiger partial charge in [-0.2, -0.15) is 13.2 Å². The van der Waals surface area contributed by atoms with E-state index in [1.807, 2.05) is 4.90 Å². The highest BCUT2D eigenvalue weighted by Gasteiger charge is 2.31. The summed E-state index contributed by atoms with van der Waals surface area (Å²) in [4.78, 5) is 4.03. The number of benzene rings is 2. The van der Waals surface area contributed by atoms with Crippen molar-refractivity contribution in [1.29, 1.82) is 0 Å². The fraction of sp³-hybridized carbons (Fsp3) is 0.333. The Morgan fingerprint density at radius 1 is 1.00 bits per heavy atom. The summed E-state index contributed by atoms with van der Waals surface area (Å²) in [6, 6.07) is 8.52. The van der Waals surface area contributed by atoms with Gasteiger partial charge in [0.1, 0.15) is 5.75 Å². The van der Waals surface area contributed by atoms with E-state index in [0.29, 0.717) is 49.0 Å².